The van der Waals surface area contributed by atoms with Gasteiger partial charge in [-0.1, -0.05) is 30.3 Å². The summed E-state index contributed by atoms with van der Waals surface area (Å²) in [7, 11) is 0. The highest BCUT2D eigenvalue weighted by Crippen LogP contribution is 2.27. The lowest BCUT2D eigenvalue weighted by atomic mass is 10.2. The number of carbonyl (C=O) groups excluding carboxylic acids is 1. The van der Waals surface area contributed by atoms with Crippen LogP contribution in [0.15, 0.2) is 41.8 Å². The van der Waals surface area contributed by atoms with Crippen LogP contribution in [0.1, 0.15) is 24.8 Å². The highest BCUT2D eigenvalue weighted by Gasteiger charge is 2.19. The van der Waals surface area contributed by atoms with Gasteiger partial charge >= 0.3 is 0 Å². The average Bonchev–Trinajstić information content (AvgIpc) is 3.33. The number of amides is 1. The van der Waals surface area contributed by atoms with Gasteiger partial charge in [0.15, 0.2) is 0 Å². The number of thiophene rings is 1. The van der Waals surface area contributed by atoms with Gasteiger partial charge in [0, 0.05) is 32.6 Å². The second-order valence-corrected chi connectivity index (χ2v) is 7.55. The third-order valence-corrected chi connectivity index (χ3v) is 5.58. The molecule has 0 radical (unpaired) electrons. The number of hydrogen-bond donors (Lipinski definition) is 2. The van der Waals surface area contributed by atoms with E-state index in [0.717, 1.165) is 48.5 Å². The molecule has 1 aliphatic rings. The van der Waals surface area contributed by atoms with Gasteiger partial charge in [0.2, 0.25) is 11.9 Å². The van der Waals surface area contributed by atoms with Gasteiger partial charge in [-0.05, 0) is 29.9 Å². The van der Waals surface area contributed by atoms with Crippen LogP contribution in [0.3, 0.4) is 0 Å². The minimum Gasteiger partial charge on any atom is -0.369 e. The lowest BCUT2D eigenvalue weighted by molar-refractivity contribution is -0.127. The van der Waals surface area contributed by atoms with E-state index in [-0.39, 0.29) is 5.91 Å². The first-order chi connectivity index (χ1) is 13.3. The molecule has 1 aliphatic heterocycles. The molecule has 27 heavy (non-hydrogen) atoms. The van der Waals surface area contributed by atoms with Gasteiger partial charge < -0.3 is 15.5 Å². The third kappa shape index (κ3) is 4.36. The minimum absolute atomic E-state index is 0.282. The van der Waals surface area contributed by atoms with Crippen molar-refractivity contribution in [2.75, 3.05) is 30.3 Å². The van der Waals surface area contributed by atoms with E-state index >= 15 is 0 Å². The van der Waals surface area contributed by atoms with Crippen molar-refractivity contribution in [3.8, 4) is 0 Å². The number of carbonyl (C=O) groups is 1. The Bertz CT molecular complexity index is 911. The lowest BCUT2D eigenvalue weighted by Crippen LogP contribution is -2.27. The fourth-order valence-corrected chi connectivity index (χ4v) is 4.05. The fraction of sp³-hybridized carbons (Fsp3) is 0.350. The number of fused-ring (bicyclic) bond motifs is 1. The summed E-state index contributed by atoms with van der Waals surface area (Å²) < 4.78 is 1.07. The summed E-state index contributed by atoms with van der Waals surface area (Å²) in [6.07, 6.45) is 2.60. The first-order valence-corrected chi connectivity index (χ1v) is 10.2. The summed E-state index contributed by atoms with van der Waals surface area (Å²) in [5.74, 6) is 1.77. The summed E-state index contributed by atoms with van der Waals surface area (Å²) in [6, 6.07) is 12.2. The predicted octanol–water partition coefficient (Wildman–Crippen LogP) is 3.73. The molecule has 2 N–H and O–H groups in total. The van der Waals surface area contributed by atoms with Gasteiger partial charge in [0.1, 0.15) is 5.82 Å². The molecular weight excluding hydrogens is 358 g/mol. The van der Waals surface area contributed by atoms with Crippen LogP contribution in [-0.2, 0) is 11.3 Å². The number of nitrogens with one attached hydrogen (secondary N) is 2. The number of nitrogens with zero attached hydrogens (tertiary/aromatic N) is 3. The Morgan fingerprint density at radius 3 is 2.81 bits per heavy atom. The molecule has 0 bridgehead atoms. The maximum absolute atomic E-state index is 11.7. The molecule has 0 unspecified atom stereocenters. The minimum atomic E-state index is 0.282. The van der Waals surface area contributed by atoms with Gasteiger partial charge in [-0.15, -0.1) is 11.3 Å². The quantitative estimate of drug-likeness (QED) is 0.582. The van der Waals surface area contributed by atoms with Gasteiger partial charge in [-0.2, -0.15) is 4.98 Å². The fourth-order valence-electron chi connectivity index (χ4n) is 3.26. The molecule has 1 saturated heterocycles. The normalized spacial score (nSPS) is 14.1. The van der Waals surface area contributed by atoms with Crippen molar-refractivity contribution < 1.29 is 4.79 Å². The summed E-state index contributed by atoms with van der Waals surface area (Å²) >= 11 is 1.64. The number of likely N-dealkylation sites (tertiary alicyclic amines) is 1. The number of aromatic nitrogens is 2. The summed E-state index contributed by atoms with van der Waals surface area (Å²) in [4.78, 5) is 22.9. The molecule has 1 amide bonds. The Kier molecular flexibility index (Phi) is 5.48. The van der Waals surface area contributed by atoms with Crippen molar-refractivity contribution >= 4 is 39.2 Å². The van der Waals surface area contributed by atoms with E-state index in [2.05, 4.69) is 32.7 Å². The van der Waals surface area contributed by atoms with Gasteiger partial charge in [0.05, 0.1) is 10.2 Å². The molecule has 0 spiro atoms. The molecule has 1 aromatic carbocycles. The molecule has 2 aromatic heterocycles. The molecule has 140 valence electrons. The molecule has 0 saturated carbocycles. The van der Waals surface area contributed by atoms with Crippen molar-refractivity contribution in [2.45, 2.75) is 25.8 Å². The van der Waals surface area contributed by atoms with Gasteiger partial charge in [-0.3, -0.25) is 4.79 Å². The van der Waals surface area contributed by atoms with E-state index in [1.165, 1.54) is 5.56 Å². The Morgan fingerprint density at radius 1 is 1.11 bits per heavy atom. The highest BCUT2D eigenvalue weighted by molar-refractivity contribution is 7.17. The first-order valence-electron chi connectivity index (χ1n) is 9.34. The standard InChI is InChI=1S/C20H23N5OS/c26-17-8-4-11-25(17)12-5-10-21-19-18-16(9-13-27-18)23-20(24-19)22-14-15-6-2-1-3-7-15/h1-3,6-7,9,13H,4-5,8,10-12,14H2,(H2,21,22,23,24). The van der Waals surface area contributed by atoms with Crippen LogP contribution in [0, 0.1) is 0 Å². The third-order valence-electron chi connectivity index (χ3n) is 4.67. The zero-order valence-corrected chi connectivity index (χ0v) is 16.0. The predicted molar refractivity (Wildman–Crippen MR) is 110 cm³/mol. The van der Waals surface area contributed by atoms with Crippen molar-refractivity contribution in [1.29, 1.82) is 0 Å². The summed E-state index contributed by atoms with van der Waals surface area (Å²) in [5, 5.41) is 8.78. The largest absolute Gasteiger partial charge is 0.369 e. The highest BCUT2D eigenvalue weighted by atomic mass is 32.1. The number of rotatable bonds is 8. The molecule has 7 heteroatoms. The topological polar surface area (TPSA) is 70.2 Å². The Labute approximate surface area is 162 Å². The Hall–Kier alpha value is -2.67. The molecular formula is C20H23N5OS. The van der Waals surface area contributed by atoms with Crippen LogP contribution in [0.5, 0.6) is 0 Å². The van der Waals surface area contributed by atoms with Crippen LogP contribution in [0.2, 0.25) is 0 Å². The van der Waals surface area contributed by atoms with E-state index in [0.29, 0.717) is 18.9 Å². The second kappa shape index (κ2) is 8.35. The molecule has 3 heterocycles. The summed E-state index contributed by atoms with van der Waals surface area (Å²) in [5.41, 5.74) is 2.14. The second-order valence-electron chi connectivity index (χ2n) is 6.63. The van der Waals surface area contributed by atoms with E-state index in [9.17, 15) is 4.79 Å². The van der Waals surface area contributed by atoms with Crippen LogP contribution >= 0.6 is 11.3 Å². The maximum atomic E-state index is 11.7. The van der Waals surface area contributed by atoms with Crippen LogP contribution in [-0.4, -0.2) is 40.4 Å². The molecule has 1 fully saturated rings. The molecule has 0 aliphatic carbocycles. The lowest BCUT2D eigenvalue weighted by Gasteiger charge is -2.15. The molecule has 6 nitrogen and oxygen atoms in total. The van der Waals surface area contributed by atoms with Crippen molar-refractivity contribution in [3.63, 3.8) is 0 Å². The van der Waals surface area contributed by atoms with Gasteiger partial charge in [-0.25, -0.2) is 4.98 Å². The van der Waals surface area contributed by atoms with Crippen molar-refractivity contribution in [2.24, 2.45) is 0 Å². The van der Waals surface area contributed by atoms with E-state index in [1.54, 1.807) is 11.3 Å². The average molecular weight is 382 g/mol. The van der Waals surface area contributed by atoms with Crippen molar-refractivity contribution in [1.82, 2.24) is 14.9 Å². The first kappa shape index (κ1) is 17.7. The Morgan fingerprint density at radius 2 is 2.00 bits per heavy atom. The SMILES string of the molecule is O=C1CCCN1CCCNc1nc(NCc2ccccc2)nc2ccsc12. The zero-order chi connectivity index (χ0) is 18.5. The van der Waals surface area contributed by atoms with Crippen LogP contribution in [0.4, 0.5) is 11.8 Å². The number of benzene rings is 1. The number of anilines is 2. The molecule has 3 aromatic rings. The van der Waals surface area contributed by atoms with E-state index in [4.69, 9.17) is 0 Å². The summed E-state index contributed by atoms with van der Waals surface area (Å²) in [6.45, 7) is 3.18. The Balaban J connectivity index is 1.38. The van der Waals surface area contributed by atoms with Gasteiger partial charge in [0.25, 0.3) is 0 Å². The van der Waals surface area contributed by atoms with Crippen LogP contribution in [0.25, 0.3) is 10.2 Å². The number of hydrogen-bond acceptors (Lipinski definition) is 6. The van der Waals surface area contributed by atoms with E-state index < -0.39 is 0 Å². The smallest absolute Gasteiger partial charge is 0.225 e. The zero-order valence-electron chi connectivity index (χ0n) is 15.1. The van der Waals surface area contributed by atoms with E-state index in [1.807, 2.05) is 34.5 Å². The van der Waals surface area contributed by atoms with Crippen LogP contribution < -0.4 is 10.6 Å². The van der Waals surface area contributed by atoms with Crippen molar-refractivity contribution in [3.05, 3.63) is 47.3 Å². The molecule has 0 atom stereocenters. The molecule has 4 rings (SSSR count). The maximum Gasteiger partial charge on any atom is 0.225 e. The monoisotopic (exact) mass is 381 g/mol.